The van der Waals surface area contributed by atoms with Crippen molar-refractivity contribution < 1.29 is 26.2 Å². The van der Waals surface area contributed by atoms with Crippen LogP contribution < -0.4 is 9.80 Å². The molecule has 0 atom stereocenters. The smallest absolute Gasteiger partial charge is 0.140 e. The van der Waals surface area contributed by atoms with E-state index in [-0.39, 0.29) is 32.4 Å². The molecule has 0 fully saturated rings. The number of nitrogens with zero attached hydrogens (tertiary/aromatic N) is 4. The maximum atomic E-state index is 10.5. The SMILES string of the molecule is Cc1ccnc(N2c3[c-]c(-c4ccc5c(C)ccc(O)c5n4)ccc3N(C(C)(C)C)c3ccccc32)c1.[Pt]. The first-order chi connectivity index (χ1) is 17.7. The van der Waals surface area contributed by atoms with Gasteiger partial charge in [-0.05, 0) is 93.1 Å². The molecule has 1 aliphatic rings. The molecule has 0 saturated carbocycles. The molecule has 0 saturated heterocycles. The van der Waals surface area contributed by atoms with Crippen LogP contribution in [0.1, 0.15) is 31.9 Å². The summed E-state index contributed by atoms with van der Waals surface area (Å²) < 4.78 is 0. The molecule has 0 aliphatic carbocycles. The van der Waals surface area contributed by atoms with E-state index in [1.165, 1.54) is 0 Å². The van der Waals surface area contributed by atoms with Gasteiger partial charge in [0.15, 0.2) is 0 Å². The second kappa shape index (κ2) is 9.56. The average Bonchev–Trinajstić information content (AvgIpc) is 2.88. The maximum absolute atomic E-state index is 10.5. The number of anilines is 5. The van der Waals surface area contributed by atoms with Crippen LogP contribution in [0.25, 0.3) is 22.2 Å². The number of pyridine rings is 2. The molecule has 0 amide bonds. The minimum absolute atomic E-state index is 0. The van der Waals surface area contributed by atoms with Crippen molar-refractivity contribution in [3.63, 3.8) is 0 Å². The molecule has 3 heterocycles. The van der Waals surface area contributed by atoms with Crippen LogP contribution in [0, 0.1) is 19.9 Å². The predicted octanol–water partition coefficient (Wildman–Crippen LogP) is 8.14. The minimum Gasteiger partial charge on any atom is -0.506 e. The van der Waals surface area contributed by atoms with Gasteiger partial charge < -0.3 is 14.9 Å². The van der Waals surface area contributed by atoms with Gasteiger partial charge in [-0.3, -0.25) is 4.98 Å². The molecule has 6 heteroatoms. The van der Waals surface area contributed by atoms with Crippen LogP contribution in [-0.4, -0.2) is 20.6 Å². The maximum Gasteiger partial charge on any atom is 0.140 e. The summed E-state index contributed by atoms with van der Waals surface area (Å²) in [6, 6.07) is 28.1. The third-order valence-electron chi connectivity index (χ3n) is 6.86. The van der Waals surface area contributed by atoms with E-state index in [1.807, 2.05) is 37.4 Å². The van der Waals surface area contributed by atoms with Crippen molar-refractivity contribution in [2.45, 2.75) is 40.2 Å². The van der Waals surface area contributed by atoms with Crippen LogP contribution in [0.5, 0.6) is 5.75 Å². The summed E-state index contributed by atoms with van der Waals surface area (Å²) in [4.78, 5) is 14.2. The van der Waals surface area contributed by atoms with Gasteiger partial charge in [0.2, 0.25) is 0 Å². The van der Waals surface area contributed by atoms with E-state index in [9.17, 15) is 5.11 Å². The minimum atomic E-state index is -0.170. The number of aryl methyl sites for hydroxylation is 2. The monoisotopic (exact) mass is 680 g/mol. The van der Waals surface area contributed by atoms with Gasteiger partial charge in [-0.1, -0.05) is 30.3 Å². The third kappa shape index (κ3) is 4.25. The first-order valence-corrected chi connectivity index (χ1v) is 12.5. The van der Waals surface area contributed by atoms with Crippen molar-refractivity contribution in [2.75, 3.05) is 9.80 Å². The van der Waals surface area contributed by atoms with Crippen molar-refractivity contribution in [3.8, 4) is 17.0 Å². The van der Waals surface area contributed by atoms with Crippen LogP contribution in [0.3, 0.4) is 0 Å². The largest absolute Gasteiger partial charge is 0.506 e. The Labute approximate surface area is 238 Å². The Morgan fingerprint density at radius 3 is 2.34 bits per heavy atom. The number of aromatic hydroxyl groups is 1. The molecule has 0 unspecified atom stereocenters. The van der Waals surface area contributed by atoms with Crippen molar-refractivity contribution in [1.29, 1.82) is 0 Å². The fourth-order valence-electron chi connectivity index (χ4n) is 5.17. The summed E-state index contributed by atoms with van der Waals surface area (Å²) in [7, 11) is 0. The molecular weight excluding hydrogens is 651 g/mol. The summed E-state index contributed by atoms with van der Waals surface area (Å²) in [6.07, 6.45) is 1.85. The number of phenols is 1. The molecule has 3 aromatic carbocycles. The Kier molecular flexibility index (Phi) is 6.52. The van der Waals surface area contributed by atoms with E-state index in [4.69, 9.17) is 9.97 Å². The van der Waals surface area contributed by atoms with E-state index >= 15 is 0 Å². The Morgan fingerprint density at radius 1 is 0.842 bits per heavy atom. The topological polar surface area (TPSA) is 52.5 Å². The number of rotatable bonds is 2. The van der Waals surface area contributed by atoms with Crippen LogP contribution in [-0.2, 0) is 21.1 Å². The fraction of sp³-hybridized carbons (Fsp3) is 0.188. The summed E-state index contributed by atoms with van der Waals surface area (Å²) in [6.45, 7) is 10.8. The molecule has 5 aromatic rings. The number of phenolic OH excluding ortho intramolecular Hbond substituents is 1. The molecule has 0 spiro atoms. The second-order valence-electron chi connectivity index (χ2n) is 10.6. The first-order valence-electron chi connectivity index (χ1n) is 12.5. The summed E-state index contributed by atoms with van der Waals surface area (Å²) >= 11 is 0. The Bertz CT molecular complexity index is 1670. The van der Waals surface area contributed by atoms with Crippen LogP contribution in [0.4, 0.5) is 28.6 Å². The summed E-state index contributed by atoms with van der Waals surface area (Å²) in [5.41, 5.74) is 8.40. The zero-order valence-corrected chi connectivity index (χ0v) is 24.3. The van der Waals surface area contributed by atoms with Gasteiger partial charge in [-0.15, -0.1) is 23.8 Å². The molecule has 1 N–H and O–H groups in total. The third-order valence-corrected chi connectivity index (χ3v) is 6.86. The number of fused-ring (bicyclic) bond motifs is 3. The quantitative estimate of drug-likeness (QED) is 0.191. The van der Waals surface area contributed by atoms with Gasteiger partial charge >= 0.3 is 0 Å². The molecule has 1 aliphatic heterocycles. The number of benzene rings is 3. The van der Waals surface area contributed by atoms with Crippen molar-refractivity contribution in [1.82, 2.24) is 9.97 Å². The van der Waals surface area contributed by atoms with Crippen LogP contribution >= 0.6 is 0 Å². The van der Waals surface area contributed by atoms with Gasteiger partial charge in [0.25, 0.3) is 0 Å². The van der Waals surface area contributed by atoms with Crippen molar-refractivity contribution in [2.24, 2.45) is 0 Å². The molecule has 38 heavy (non-hydrogen) atoms. The van der Waals surface area contributed by atoms with Gasteiger partial charge in [0.1, 0.15) is 17.1 Å². The Hall–Kier alpha value is -3.69. The molecule has 0 radical (unpaired) electrons. The van der Waals surface area contributed by atoms with Crippen LogP contribution in [0.2, 0.25) is 0 Å². The normalized spacial score (nSPS) is 12.7. The zero-order valence-electron chi connectivity index (χ0n) is 22.1. The fourth-order valence-corrected chi connectivity index (χ4v) is 5.17. The van der Waals surface area contributed by atoms with E-state index in [1.54, 1.807) is 6.07 Å². The second-order valence-corrected chi connectivity index (χ2v) is 10.6. The summed E-state index contributed by atoms with van der Waals surface area (Å²) in [5, 5.41) is 11.5. The Balaban J connectivity index is 0.00000294. The van der Waals surface area contributed by atoms with E-state index in [0.29, 0.717) is 5.52 Å². The number of aromatic nitrogens is 2. The average molecular weight is 681 g/mol. The molecule has 6 rings (SSSR count). The van der Waals surface area contributed by atoms with Gasteiger partial charge in [0, 0.05) is 38.2 Å². The van der Waals surface area contributed by atoms with E-state index in [0.717, 1.165) is 56.3 Å². The van der Waals surface area contributed by atoms with Crippen molar-refractivity contribution in [3.05, 3.63) is 96.2 Å². The number of hydrogen-bond acceptors (Lipinski definition) is 5. The van der Waals surface area contributed by atoms with Gasteiger partial charge in [-0.25, -0.2) is 4.98 Å². The predicted molar refractivity (Wildman–Crippen MR) is 152 cm³/mol. The number of para-hydroxylation sites is 2. The van der Waals surface area contributed by atoms with Gasteiger partial charge in [0.05, 0.1) is 11.4 Å². The standard InChI is InChI=1S/C32H29N4O.Pt/c1-20-16-17-33-30(18-20)35-25-8-6-7-9-26(25)36(32(3,4)5)27-14-11-22(19-28(27)35)24-13-12-23-21(2)10-15-29(37)31(23)34-24;/h6-18,37H,1-5H3;/q-1;. The molecular formula is C32H29N4OPt-. The van der Waals surface area contributed by atoms with E-state index < -0.39 is 0 Å². The zero-order chi connectivity index (χ0) is 25.9. The van der Waals surface area contributed by atoms with Gasteiger partial charge in [-0.2, -0.15) is 0 Å². The molecule has 194 valence electrons. The molecule has 5 nitrogen and oxygen atoms in total. The first kappa shape index (κ1) is 25.9. The summed E-state index contributed by atoms with van der Waals surface area (Å²) in [5.74, 6) is 1.02. The van der Waals surface area contributed by atoms with E-state index in [2.05, 4.69) is 86.0 Å². The van der Waals surface area contributed by atoms with Crippen molar-refractivity contribution >= 4 is 39.5 Å². The molecule has 0 bridgehead atoms. The Morgan fingerprint density at radius 2 is 1.61 bits per heavy atom. The number of hydrogen-bond donors (Lipinski definition) is 1. The van der Waals surface area contributed by atoms with Crippen LogP contribution in [0.15, 0.2) is 79.0 Å². The molecule has 2 aromatic heterocycles.